The van der Waals surface area contributed by atoms with Crippen LogP contribution in [0, 0.1) is 17.7 Å². The number of pyridine rings is 1. The first-order valence-corrected chi connectivity index (χ1v) is 9.54. The Morgan fingerprint density at radius 2 is 1.87 bits per heavy atom. The van der Waals surface area contributed by atoms with Crippen LogP contribution in [0.1, 0.15) is 40.3 Å². The molecule has 0 saturated carbocycles. The summed E-state index contributed by atoms with van der Waals surface area (Å²) in [5.41, 5.74) is 10.9. The predicted octanol–water partition coefficient (Wildman–Crippen LogP) is 3.26. The summed E-state index contributed by atoms with van der Waals surface area (Å²) >= 11 is 0. The molecule has 0 spiro atoms. The van der Waals surface area contributed by atoms with E-state index in [2.05, 4.69) is 26.8 Å². The number of aryl methyl sites for hydroxylation is 1. The van der Waals surface area contributed by atoms with Crippen molar-refractivity contribution in [3.63, 3.8) is 0 Å². The second-order valence-electron chi connectivity index (χ2n) is 7.14. The van der Waals surface area contributed by atoms with Gasteiger partial charge < -0.3 is 5.73 Å². The summed E-state index contributed by atoms with van der Waals surface area (Å²) in [5.74, 6) is 6.17. The molecule has 5 rings (SSSR count). The minimum absolute atomic E-state index is 0.110. The summed E-state index contributed by atoms with van der Waals surface area (Å²) in [6, 6.07) is 8.69. The van der Waals surface area contributed by atoms with Gasteiger partial charge in [0.1, 0.15) is 5.82 Å². The Morgan fingerprint density at radius 1 is 1.03 bits per heavy atom. The highest BCUT2D eigenvalue weighted by Crippen LogP contribution is 2.37. The van der Waals surface area contributed by atoms with Crippen molar-refractivity contribution in [1.29, 1.82) is 0 Å². The van der Waals surface area contributed by atoms with E-state index in [0.717, 1.165) is 35.3 Å². The molecule has 1 unspecified atom stereocenters. The van der Waals surface area contributed by atoms with Crippen LogP contribution in [0.5, 0.6) is 0 Å². The molecule has 1 aromatic carbocycles. The van der Waals surface area contributed by atoms with Gasteiger partial charge in [0.05, 0.1) is 23.1 Å². The van der Waals surface area contributed by atoms with Gasteiger partial charge in [0.25, 0.3) is 0 Å². The van der Waals surface area contributed by atoms with Gasteiger partial charge in [-0.3, -0.25) is 4.98 Å². The number of benzene rings is 1. The molecule has 0 aliphatic heterocycles. The van der Waals surface area contributed by atoms with Gasteiger partial charge in [-0.05, 0) is 42.2 Å². The van der Waals surface area contributed by atoms with E-state index in [1.807, 2.05) is 23.0 Å². The summed E-state index contributed by atoms with van der Waals surface area (Å²) in [5, 5.41) is 4.79. The molecule has 0 radical (unpaired) electrons. The minimum atomic E-state index is -0.220. The van der Waals surface area contributed by atoms with Gasteiger partial charge in [0, 0.05) is 36.3 Å². The van der Waals surface area contributed by atoms with Crippen LogP contribution < -0.4 is 5.73 Å². The van der Waals surface area contributed by atoms with Crippen molar-refractivity contribution < 1.29 is 4.39 Å². The molecule has 0 amide bonds. The quantitative estimate of drug-likeness (QED) is 0.526. The second kappa shape index (κ2) is 7.41. The molecular weight excluding hydrogens is 379 g/mol. The van der Waals surface area contributed by atoms with Crippen molar-refractivity contribution >= 4 is 5.95 Å². The van der Waals surface area contributed by atoms with Crippen LogP contribution in [-0.4, -0.2) is 24.7 Å². The van der Waals surface area contributed by atoms with E-state index in [-0.39, 0.29) is 17.7 Å². The van der Waals surface area contributed by atoms with E-state index < -0.39 is 0 Å². The van der Waals surface area contributed by atoms with Gasteiger partial charge in [-0.1, -0.05) is 24.0 Å². The van der Waals surface area contributed by atoms with Crippen LogP contribution in [0.4, 0.5) is 10.3 Å². The second-order valence-corrected chi connectivity index (χ2v) is 7.14. The summed E-state index contributed by atoms with van der Waals surface area (Å²) in [4.78, 5) is 12.2. The Bertz CT molecular complexity index is 1280. The zero-order valence-corrected chi connectivity index (χ0v) is 16.0. The van der Waals surface area contributed by atoms with Gasteiger partial charge in [-0.25, -0.2) is 19.0 Å². The summed E-state index contributed by atoms with van der Waals surface area (Å²) in [6.07, 6.45) is 10.5. The lowest BCUT2D eigenvalue weighted by atomic mass is 9.97. The van der Waals surface area contributed by atoms with Crippen LogP contribution in [0.2, 0.25) is 0 Å². The molecule has 1 aliphatic rings. The molecule has 6 nitrogen and oxygen atoms in total. The van der Waals surface area contributed by atoms with Crippen LogP contribution in [-0.2, 0) is 6.42 Å². The third-order valence-electron chi connectivity index (χ3n) is 5.12. The first kappa shape index (κ1) is 18.0. The molecule has 2 N–H and O–H groups in total. The molecule has 0 saturated heterocycles. The Morgan fingerprint density at radius 3 is 2.70 bits per heavy atom. The number of halogens is 1. The molecule has 146 valence electrons. The van der Waals surface area contributed by atoms with Gasteiger partial charge >= 0.3 is 0 Å². The predicted molar refractivity (Wildman–Crippen MR) is 110 cm³/mol. The standard InChI is InChI=1S/C23H17FN6/c24-19-3-1-2-17(9-19)21-7-6-18-14-30(29-22(18)21)20-8-15(10-26-13-20)4-5-16-11-27-23(25)28-12-16/h1-3,8-14,21H,6-7H2,(H2,25,27,28). The highest BCUT2D eigenvalue weighted by atomic mass is 19.1. The van der Waals surface area contributed by atoms with Crippen LogP contribution >= 0.6 is 0 Å². The number of nitrogens with two attached hydrogens (primary N) is 1. The number of nitrogen functional groups attached to an aromatic ring is 1. The van der Waals surface area contributed by atoms with Crippen molar-refractivity contribution in [3.05, 3.63) is 95.1 Å². The Kier molecular flexibility index (Phi) is 4.45. The Balaban J connectivity index is 1.43. The highest BCUT2D eigenvalue weighted by molar-refractivity contribution is 5.46. The number of fused-ring (bicyclic) bond motifs is 1. The van der Waals surface area contributed by atoms with Crippen LogP contribution in [0.15, 0.2) is 61.3 Å². The lowest BCUT2D eigenvalue weighted by Gasteiger charge is -2.10. The van der Waals surface area contributed by atoms with Crippen molar-refractivity contribution in [2.24, 2.45) is 0 Å². The maximum absolute atomic E-state index is 13.7. The van der Waals surface area contributed by atoms with Crippen LogP contribution in [0.3, 0.4) is 0 Å². The fraction of sp³-hybridized carbons (Fsp3) is 0.130. The Hall–Kier alpha value is -4.05. The fourth-order valence-corrected chi connectivity index (χ4v) is 3.69. The largest absolute Gasteiger partial charge is 0.368 e. The molecule has 3 aromatic heterocycles. The zero-order valence-electron chi connectivity index (χ0n) is 16.0. The lowest BCUT2D eigenvalue weighted by Crippen LogP contribution is -2.02. The maximum atomic E-state index is 13.7. The van der Waals surface area contributed by atoms with E-state index in [4.69, 9.17) is 10.8 Å². The topological polar surface area (TPSA) is 82.5 Å². The molecule has 7 heteroatoms. The number of hydrogen-bond donors (Lipinski definition) is 1. The molecule has 1 atom stereocenters. The van der Waals surface area contributed by atoms with Crippen molar-refractivity contribution in [2.45, 2.75) is 18.8 Å². The van der Waals surface area contributed by atoms with Gasteiger partial charge in [0.2, 0.25) is 5.95 Å². The zero-order chi connectivity index (χ0) is 20.5. The van der Waals surface area contributed by atoms with E-state index in [1.165, 1.54) is 11.6 Å². The molecule has 1 aliphatic carbocycles. The average molecular weight is 396 g/mol. The van der Waals surface area contributed by atoms with E-state index >= 15 is 0 Å². The summed E-state index contributed by atoms with van der Waals surface area (Å²) < 4.78 is 15.5. The molecule has 3 heterocycles. The molecule has 0 fully saturated rings. The number of aromatic nitrogens is 5. The van der Waals surface area contributed by atoms with E-state index in [9.17, 15) is 4.39 Å². The van der Waals surface area contributed by atoms with Gasteiger partial charge in [0.15, 0.2) is 0 Å². The highest BCUT2D eigenvalue weighted by Gasteiger charge is 2.28. The third-order valence-corrected chi connectivity index (χ3v) is 5.12. The van der Waals surface area contributed by atoms with Crippen molar-refractivity contribution in [2.75, 3.05) is 5.73 Å². The first-order valence-electron chi connectivity index (χ1n) is 9.54. The average Bonchev–Trinajstić information content (AvgIpc) is 3.35. The normalized spacial score (nSPS) is 14.8. The summed E-state index contributed by atoms with van der Waals surface area (Å²) in [7, 11) is 0. The third kappa shape index (κ3) is 3.51. The van der Waals surface area contributed by atoms with Gasteiger partial charge in [-0.2, -0.15) is 5.10 Å². The number of anilines is 1. The Labute approximate surface area is 172 Å². The fourth-order valence-electron chi connectivity index (χ4n) is 3.69. The lowest BCUT2D eigenvalue weighted by molar-refractivity contribution is 0.621. The number of rotatable bonds is 2. The SMILES string of the molecule is Nc1ncc(C#Cc2cncc(-n3cc4c(n3)C(c3cccc(F)c3)CC4)c2)cn1. The van der Waals surface area contributed by atoms with E-state index in [1.54, 1.807) is 36.9 Å². The van der Waals surface area contributed by atoms with Gasteiger partial charge in [-0.15, -0.1) is 0 Å². The molecule has 4 aromatic rings. The maximum Gasteiger partial charge on any atom is 0.219 e. The monoisotopic (exact) mass is 396 g/mol. The van der Waals surface area contributed by atoms with Crippen LogP contribution in [0.25, 0.3) is 5.69 Å². The van der Waals surface area contributed by atoms with Crippen molar-refractivity contribution in [3.8, 4) is 17.5 Å². The molecule has 30 heavy (non-hydrogen) atoms. The molecule has 0 bridgehead atoms. The van der Waals surface area contributed by atoms with Crippen molar-refractivity contribution in [1.82, 2.24) is 24.7 Å². The smallest absolute Gasteiger partial charge is 0.219 e. The molecular formula is C23H17FN6. The first-order chi connectivity index (χ1) is 14.7. The number of hydrogen-bond acceptors (Lipinski definition) is 5. The number of nitrogens with zero attached hydrogens (tertiary/aromatic N) is 5. The minimum Gasteiger partial charge on any atom is -0.368 e. The van der Waals surface area contributed by atoms with E-state index in [0.29, 0.717) is 5.56 Å². The summed E-state index contributed by atoms with van der Waals surface area (Å²) in [6.45, 7) is 0.